The average Bonchev–Trinajstić information content (AvgIpc) is 3.33. The molecule has 0 saturated carbocycles. The number of carbonyl (C=O) groups is 1. The van der Waals surface area contributed by atoms with Crippen LogP contribution in [0.2, 0.25) is 0 Å². The van der Waals surface area contributed by atoms with Crippen LogP contribution >= 0.6 is 12.6 Å². The molecule has 2 saturated heterocycles. The molecule has 2 unspecified atom stereocenters. The van der Waals surface area contributed by atoms with E-state index in [-0.39, 0.29) is 11.3 Å². The van der Waals surface area contributed by atoms with Crippen LogP contribution in [0.5, 0.6) is 0 Å². The van der Waals surface area contributed by atoms with Gasteiger partial charge in [-0.25, -0.2) is 9.78 Å². The highest BCUT2D eigenvalue weighted by Crippen LogP contribution is 2.43. The van der Waals surface area contributed by atoms with E-state index >= 15 is 0 Å². The highest BCUT2D eigenvalue weighted by molar-refractivity contribution is 7.80. The van der Waals surface area contributed by atoms with Crippen molar-refractivity contribution in [2.75, 3.05) is 6.54 Å². The average molecular weight is 473 g/mol. The van der Waals surface area contributed by atoms with E-state index in [9.17, 15) is 4.79 Å². The molecule has 33 heavy (non-hydrogen) atoms. The fourth-order valence-corrected chi connectivity index (χ4v) is 4.87. The van der Waals surface area contributed by atoms with Crippen LogP contribution in [-0.2, 0) is 14.0 Å². The Bertz CT molecular complexity index is 1050. The molecule has 0 bridgehead atoms. The van der Waals surface area contributed by atoms with Gasteiger partial charge in [-0.1, -0.05) is 6.07 Å². The van der Waals surface area contributed by atoms with Crippen molar-refractivity contribution in [1.29, 1.82) is 0 Å². The number of nitrogens with one attached hydrogen (secondary N) is 1. The molecule has 180 valence electrons. The summed E-state index contributed by atoms with van der Waals surface area (Å²) in [5.41, 5.74) is 0.823. The van der Waals surface area contributed by atoms with Crippen molar-refractivity contribution in [3.05, 3.63) is 24.0 Å². The van der Waals surface area contributed by atoms with Crippen molar-refractivity contribution < 1.29 is 18.8 Å². The lowest BCUT2D eigenvalue weighted by Crippen LogP contribution is -2.49. The van der Waals surface area contributed by atoms with Gasteiger partial charge in [-0.3, -0.25) is 0 Å². The maximum atomic E-state index is 12.9. The van der Waals surface area contributed by atoms with Crippen LogP contribution in [0.3, 0.4) is 0 Å². The fourth-order valence-electron chi connectivity index (χ4n) is 4.48. The van der Waals surface area contributed by atoms with E-state index in [0.29, 0.717) is 6.54 Å². The zero-order chi connectivity index (χ0) is 24.4. The summed E-state index contributed by atoms with van der Waals surface area (Å²) in [6.45, 7) is 16.5. The first-order chi connectivity index (χ1) is 15.1. The van der Waals surface area contributed by atoms with Gasteiger partial charge in [0.2, 0.25) is 0 Å². The quantitative estimate of drug-likeness (QED) is 0.503. The number of H-pyrrole nitrogens is 1. The maximum Gasteiger partial charge on any atom is 0.494 e. The molecule has 2 aliphatic rings. The summed E-state index contributed by atoms with van der Waals surface area (Å²) in [5.74, 6) is 0.734. The van der Waals surface area contributed by atoms with Crippen LogP contribution in [0.4, 0.5) is 4.79 Å². The van der Waals surface area contributed by atoms with Crippen LogP contribution in [0.15, 0.2) is 18.2 Å². The molecule has 1 amide bonds. The molecule has 1 aromatic heterocycles. The Hall–Kier alpha value is -1.71. The summed E-state index contributed by atoms with van der Waals surface area (Å²) in [4.78, 5) is 22.9. The predicted molar refractivity (Wildman–Crippen MR) is 134 cm³/mol. The number of amides is 1. The molecule has 2 fully saturated rings. The zero-order valence-electron chi connectivity index (χ0n) is 21.0. The van der Waals surface area contributed by atoms with E-state index < -0.39 is 29.5 Å². The molecular formula is C24H36BN3O4S. The van der Waals surface area contributed by atoms with Gasteiger partial charge in [-0.2, -0.15) is 12.6 Å². The van der Waals surface area contributed by atoms with Crippen molar-refractivity contribution in [3.8, 4) is 0 Å². The van der Waals surface area contributed by atoms with Gasteiger partial charge in [-0.05, 0) is 85.8 Å². The molecule has 0 spiro atoms. The van der Waals surface area contributed by atoms with E-state index in [1.54, 1.807) is 4.90 Å². The molecule has 7 nitrogen and oxygen atoms in total. The Morgan fingerprint density at radius 2 is 1.85 bits per heavy atom. The van der Waals surface area contributed by atoms with Crippen molar-refractivity contribution in [2.45, 2.75) is 95.8 Å². The van der Waals surface area contributed by atoms with Crippen molar-refractivity contribution in [1.82, 2.24) is 14.9 Å². The fraction of sp³-hybridized carbons (Fsp3) is 0.667. The van der Waals surface area contributed by atoms with Crippen LogP contribution < -0.4 is 5.46 Å². The number of nitrogens with zero attached hydrogens (tertiary/aromatic N) is 2. The number of rotatable bonds is 3. The third-order valence-electron chi connectivity index (χ3n) is 7.19. The van der Waals surface area contributed by atoms with Gasteiger partial charge in [0.05, 0.1) is 33.0 Å². The minimum Gasteiger partial charge on any atom is -0.444 e. The monoisotopic (exact) mass is 473 g/mol. The van der Waals surface area contributed by atoms with Gasteiger partial charge in [0.15, 0.2) is 0 Å². The van der Waals surface area contributed by atoms with Crippen molar-refractivity contribution in [3.63, 3.8) is 0 Å². The Morgan fingerprint density at radius 1 is 1.21 bits per heavy atom. The van der Waals surface area contributed by atoms with Crippen molar-refractivity contribution in [2.24, 2.45) is 0 Å². The zero-order valence-corrected chi connectivity index (χ0v) is 21.9. The SMILES string of the molecule is CC(C)(C)OC(=O)N1CCCC1(C)C(S)c1nc2ccc(B3OC(C)(C)C(C)(C)O3)cc2[nH]1. The van der Waals surface area contributed by atoms with E-state index in [4.69, 9.17) is 31.7 Å². The molecular weight excluding hydrogens is 437 g/mol. The molecule has 9 heteroatoms. The molecule has 1 N–H and O–H groups in total. The first kappa shape index (κ1) is 24.4. The second kappa shape index (κ2) is 7.92. The van der Waals surface area contributed by atoms with Gasteiger partial charge in [-0.15, -0.1) is 0 Å². The third-order valence-corrected chi connectivity index (χ3v) is 7.99. The number of carbonyl (C=O) groups excluding carboxylic acids is 1. The third kappa shape index (κ3) is 4.39. The normalized spacial score (nSPS) is 25.6. The minimum atomic E-state index is -0.546. The summed E-state index contributed by atoms with van der Waals surface area (Å²) in [5, 5.41) is -0.291. The summed E-state index contributed by atoms with van der Waals surface area (Å²) < 4.78 is 18.1. The standard InChI is InChI=1S/C24H36BN3O4S/c1-21(2,3)30-20(29)28-13-9-12-24(28,8)18(33)19-26-16-11-10-15(14-17(16)27-19)25-31-22(4,5)23(6,7)32-25/h10-11,14,18,33H,9,12-13H2,1-8H3,(H,26,27). The van der Waals surface area contributed by atoms with E-state index in [1.807, 2.05) is 66.7 Å². The topological polar surface area (TPSA) is 76.7 Å². The number of ether oxygens (including phenoxy) is 1. The minimum absolute atomic E-state index is 0.291. The molecule has 2 aliphatic heterocycles. The summed E-state index contributed by atoms with van der Waals surface area (Å²) in [6.07, 6.45) is 1.43. The first-order valence-electron chi connectivity index (χ1n) is 11.7. The van der Waals surface area contributed by atoms with Crippen LogP contribution in [0, 0.1) is 0 Å². The number of thiol groups is 1. The molecule has 0 radical (unpaired) electrons. The van der Waals surface area contributed by atoms with E-state index in [1.165, 1.54) is 0 Å². The highest BCUT2D eigenvalue weighted by atomic mass is 32.1. The first-order valence-corrected chi connectivity index (χ1v) is 12.2. The number of aromatic nitrogens is 2. The summed E-state index contributed by atoms with van der Waals surface area (Å²) in [7, 11) is -0.437. The number of hydrogen-bond donors (Lipinski definition) is 2. The van der Waals surface area contributed by atoms with Gasteiger partial charge >= 0.3 is 13.2 Å². The van der Waals surface area contributed by atoms with Gasteiger partial charge in [0.25, 0.3) is 0 Å². The summed E-state index contributed by atoms with van der Waals surface area (Å²) in [6, 6.07) is 5.99. The smallest absolute Gasteiger partial charge is 0.444 e. The Morgan fingerprint density at radius 3 is 2.45 bits per heavy atom. The molecule has 1 aromatic carbocycles. The van der Waals surface area contributed by atoms with Gasteiger partial charge in [0, 0.05) is 6.54 Å². The van der Waals surface area contributed by atoms with Crippen LogP contribution in [-0.4, -0.2) is 57.0 Å². The number of aromatic amines is 1. The Balaban J connectivity index is 1.59. The lowest BCUT2D eigenvalue weighted by molar-refractivity contribution is 0.00578. The molecule has 0 aliphatic carbocycles. The Labute approximate surface area is 202 Å². The van der Waals surface area contributed by atoms with Crippen LogP contribution in [0.1, 0.15) is 79.3 Å². The molecule has 2 aromatic rings. The second-order valence-corrected chi connectivity index (χ2v) is 12.0. The van der Waals surface area contributed by atoms with Crippen molar-refractivity contribution >= 4 is 42.3 Å². The van der Waals surface area contributed by atoms with Gasteiger partial charge in [0.1, 0.15) is 11.4 Å². The van der Waals surface area contributed by atoms with Crippen LogP contribution in [0.25, 0.3) is 11.0 Å². The number of benzene rings is 1. The summed E-state index contributed by atoms with van der Waals surface area (Å²) >= 11 is 4.94. The number of imidazole rings is 1. The molecule has 2 atom stereocenters. The molecule has 3 heterocycles. The Kier molecular flexibility index (Phi) is 5.86. The highest BCUT2D eigenvalue weighted by Gasteiger charge is 2.52. The molecule has 4 rings (SSSR count). The number of likely N-dealkylation sites (tertiary alicyclic amines) is 1. The number of fused-ring (bicyclic) bond motifs is 1. The van der Waals surface area contributed by atoms with Gasteiger partial charge < -0.3 is 23.9 Å². The maximum absolute atomic E-state index is 12.9. The largest absolute Gasteiger partial charge is 0.494 e. The second-order valence-electron chi connectivity index (χ2n) is 11.5. The van der Waals surface area contributed by atoms with E-state index in [0.717, 1.165) is 35.2 Å². The predicted octanol–water partition coefficient (Wildman–Crippen LogP) is 4.62. The lowest BCUT2D eigenvalue weighted by atomic mass is 9.79. The van der Waals surface area contributed by atoms with E-state index in [2.05, 4.69) is 11.9 Å². The lowest BCUT2D eigenvalue weighted by Gasteiger charge is -2.39. The number of hydrogen-bond acceptors (Lipinski definition) is 6.